The van der Waals surface area contributed by atoms with Crippen LogP contribution in [0.3, 0.4) is 0 Å². The van der Waals surface area contributed by atoms with Crippen molar-refractivity contribution in [2.75, 3.05) is 18.5 Å². The lowest BCUT2D eigenvalue weighted by atomic mass is 9.96. The highest BCUT2D eigenvalue weighted by atomic mass is 79.9. The van der Waals surface area contributed by atoms with Gasteiger partial charge in [0.25, 0.3) is 0 Å². The van der Waals surface area contributed by atoms with E-state index in [0.29, 0.717) is 5.41 Å². The standard InChI is InChI=1S/C14H23BrN2/c1-10(16)12-7-6-11(8-13(12)15)17(5)9-14(2,3)4/h6-8,10H,9,16H2,1-5H3/t10-/m1/s1. The average Bonchev–Trinajstić information content (AvgIpc) is 2.14. The second-order valence-corrected chi connectivity index (χ2v) is 6.77. The Hall–Kier alpha value is -0.540. The molecule has 0 amide bonds. The molecule has 0 spiro atoms. The molecule has 0 aliphatic carbocycles. The number of rotatable bonds is 3. The topological polar surface area (TPSA) is 29.3 Å². The van der Waals surface area contributed by atoms with E-state index in [4.69, 9.17) is 5.73 Å². The molecule has 0 bridgehead atoms. The maximum absolute atomic E-state index is 5.90. The zero-order chi connectivity index (χ0) is 13.2. The lowest BCUT2D eigenvalue weighted by Gasteiger charge is -2.28. The number of hydrogen-bond acceptors (Lipinski definition) is 2. The van der Waals surface area contributed by atoms with E-state index in [0.717, 1.165) is 16.6 Å². The summed E-state index contributed by atoms with van der Waals surface area (Å²) in [5, 5.41) is 0. The zero-order valence-corrected chi connectivity index (χ0v) is 13.0. The first-order chi connectivity index (χ1) is 7.70. The Bertz CT molecular complexity index is 380. The van der Waals surface area contributed by atoms with Gasteiger partial charge in [0.2, 0.25) is 0 Å². The van der Waals surface area contributed by atoms with Crippen molar-refractivity contribution >= 4 is 21.6 Å². The van der Waals surface area contributed by atoms with Crippen LogP contribution in [0, 0.1) is 5.41 Å². The summed E-state index contributed by atoms with van der Waals surface area (Å²) < 4.78 is 1.09. The Morgan fingerprint density at radius 1 is 1.35 bits per heavy atom. The summed E-state index contributed by atoms with van der Waals surface area (Å²) in [6.45, 7) is 9.76. The molecule has 0 radical (unpaired) electrons. The first-order valence-corrected chi connectivity index (χ1v) is 6.76. The van der Waals surface area contributed by atoms with Crippen LogP contribution < -0.4 is 10.6 Å². The number of anilines is 1. The number of nitrogens with zero attached hydrogens (tertiary/aromatic N) is 1. The van der Waals surface area contributed by atoms with E-state index >= 15 is 0 Å². The normalized spacial score (nSPS) is 13.6. The largest absolute Gasteiger partial charge is 0.374 e. The summed E-state index contributed by atoms with van der Waals surface area (Å²) in [5.74, 6) is 0. The fourth-order valence-electron chi connectivity index (χ4n) is 1.93. The molecule has 3 heteroatoms. The molecular formula is C14H23BrN2. The van der Waals surface area contributed by atoms with Gasteiger partial charge < -0.3 is 10.6 Å². The van der Waals surface area contributed by atoms with Gasteiger partial charge in [-0.3, -0.25) is 0 Å². The molecule has 2 N–H and O–H groups in total. The van der Waals surface area contributed by atoms with Crippen molar-refractivity contribution in [1.29, 1.82) is 0 Å². The van der Waals surface area contributed by atoms with Crippen LogP contribution in [-0.4, -0.2) is 13.6 Å². The molecule has 1 rings (SSSR count). The number of benzene rings is 1. The highest BCUT2D eigenvalue weighted by Gasteiger charge is 2.15. The second kappa shape index (κ2) is 5.40. The van der Waals surface area contributed by atoms with E-state index in [2.05, 4.69) is 66.8 Å². The highest BCUT2D eigenvalue weighted by Crippen LogP contribution is 2.28. The molecular weight excluding hydrogens is 276 g/mol. The summed E-state index contributed by atoms with van der Waals surface area (Å²) in [4.78, 5) is 2.27. The lowest BCUT2D eigenvalue weighted by molar-refractivity contribution is 0.419. The van der Waals surface area contributed by atoms with Crippen LogP contribution in [0.2, 0.25) is 0 Å². The number of nitrogens with two attached hydrogens (primary N) is 1. The Balaban J connectivity index is 2.90. The van der Waals surface area contributed by atoms with E-state index in [9.17, 15) is 0 Å². The molecule has 1 aromatic rings. The van der Waals surface area contributed by atoms with Crippen LogP contribution in [0.5, 0.6) is 0 Å². The maximum atomic E-state index is 5.90. The van der Waals surface area contributed by atoms with E-state index in [1.807, 2.05) is 6.92 Å². The monoisotopic (exact) mass is 298 g/mol. The Kier molecular flexibility index (Phi) is 4.62. The van der Waals surface area contributed by atoms with Gasteiger partial charge in [0.05, 0.1) is 0 Å². The van der Waals surface area contributed by atoms with Crippen molar-refractivity contribution in [1.82, 2.24) is 0 Å². The Morgan fingerprint density at radius 2 is 1.94 bits per heavy atom. The molecule has 0 aliphatic heterocycles. The first-order valence-electron chi connectivity index (χ1n) is 5.97. The van der Waals surface area contributed by atoms with Gasteiger partial charge in [-0.15, -0.1) is 0 Å². The summed E-state index contributed by atoms with van der Waals surface area (Å²) in [6, 6.07) is 6.44. The lowest BCUT2D eigenvalue weighted by Crippen LogP contribution is -2.29. The Morgan fingerprint density at radius 3 is 2.35 bits per heavy atom. The summed E-state index contributed by atoms with van der Waals surface area (Å²) >= 11 is 3.59. The van der Waals surface area contributed by atoms with Crippen LogP contribution in [0.1, 0.15) is 39.3 Å². The minimum atomic E-state index is 0.0614. The Labute approximate surface area is 113 Å². The van der Waals surface area contributed by atoms with Crippen LogP contribution in [0.25, 0.3) is 0 Å². The summed E-state index contributed by atoms with van der Waals surface area (Å²) in [5.41, 5.74) is 8.56. The van der Waals surface area contributed by atoms with Crippen LogP contribution in [0.4, 0.5) is 5.69 Å². The van der Waals surface area contributed by atoms with Crippen molar-refractivity contribution in [3.05, 3.63) is 28.2 Å². The quantitative estimate of drug-likeness (QED) is 0.915. The minimum absolute atomic E-state index is 0.0614. The van der Waals surface area contributed by atoms with Gasteiger partial charge in [-0.25, -0.2) is 0 Å². The molecule has 17 heavy (non-hydrogen) atoms. The number of halogens is 1. The van der Waals surface area contributed by atoms with Crippen molar-refractivity contribution in [2.45, 2.75) is 33.7 Å². The first kappa shape index (κ1) is 14.5. The molecule has 1 aromatic carbocycles. The van der Waals surface area contributed by atoms with Crippen LogP contribution >= 0.6 is 15.9 Å². The van der Waals surface area contributed by atoms with Gasteiger partial charge in [0.1, 0.15) is 0 Å². The highest BCUT2D eigenvalue weighted by molar-refractivity contribution is 9.10. The van der Waals surface area contributed by atoms with E-state index in [-0.39, 0.29) is 6.04 Å². The van der Waals surface area contributed by atoms with Crippen molar-refractivity contribution in [3.8, 4) is 0 Å². The van der Waals surface area contributed by atoms with Crippen molar-refractivity contribution in [2.24, 2.45) is 11.1 Å². The molecule has 2 nitrogen and oxygen atoms in total. The minimum Gasteiger partial charge on any atom is -0.374 e. The fraction of sp³-hybridized carbons (Fsp3) is 0.571. The molecule has 1 atom stereocenters. The third-order valence-electron chi connectivity index (χ3n) is 2.63. The summed E-state index contributed by atoms with van der Waals surface area (Å²) in [6.07, 6.45) is 0. The second-order valence-electron chi connectivity index (χ2n) is 5.91. The fourth-order valence-corrected chi connectivity index (χ4v) is 2.65. The molecule has 0 fully saturated rings. The average molecular weight is 299 g/mol. The van der Waals surface area contributed by atoms with Gasteiger partial charge in [-0.1, -0.05) is 42.8 Å². The third kappa shape index (κ3) is 4.32. The molecule has 0 heterocycles. The molecule has 0 saturated heterocycles. The van der Waals surface area contributed by atoms with Crippen molar-refractivity contribution < 1.29 is 0 Å². The van der Waals surface area contributed by atoms with Gasteiger partial charge in [-0.05, 0) is 30.0 Å². The van der Waals surface area contributed by atoms with E-state index < -0.39 is 0 Å². The van der Waals surface area contributed by atoms with Gasteiger partial charge in [0.15, 0.2) is 0 Å². The maximum Gasteiger partial charge on any atom is 0.0375 e. The van der Waals surface area contributed by atoms with E-state index in [1.54, 1.807) is 0 Å². The number of hydrogen-bond donors (Lipinski definition) is 1. The SMILES string of the molecule is C[C@@H](N)c1ccc(N(C)CC(C)(C)C)cc1Br. The molecule has 96 valence electrons. The van der Waals surface area contributed by atoms with Crippen LogP contribution in [-0.2, 0) is 0 Å². The molecule has 0 aliphatic rings. The predicted molar refractivity (Wildman–Crippen MR) is 79.5 cm³/mol. The zero-order valence-electron chi connectivity index (χ0n) is 11.4. The van der Waals surface area contributed by atoms with Gasteiger partial charge in [0, 0.05) is 29.8 Å². The van der Waals surface area contributed by atoms with Gasteiger partial charge >= 0.3 is 0 Å². The van der Waals surface area contributed by atoms with E-state index in [1.165, 1.54) is 5.69 Å². The van der Waals surface area contributed by atoms with Gasteiger partial charge in [-0.2, -0.15) is 0 Å². The summed E-state index contributed by atoms with van der Waals surface area (Å²) in [7, 11) is 2.12. The van der Waals surface area contributed by atoms with Crippen LogP contribution in [0.15, 0.2) is 22.7 Å². The van der Waals surface area contributed by atoms with Crippen molar-refractivity contribution in [3.63, 3.8) is 0 Å². The smallest absolute Gasteiger partial charge is 0.0375 e. The molecule has 0 unspecified atom stereocenters. The molecule has 0 aromatic heterocycles. The predicted octanol–water partition coefficient (Wildman–Crippen LogP) is 3.95. The third-order valence-corrected chi connectivity index (χ3v) is 3.31. The molecule has 0 saturated carbocycles.